The molecular formula is C24H26N4O2S. The second kappa shape index (κ2) is 7.50. The van der Waals surface area contributed by atoms with E-state index < -0.39 is 9.84 Å². The van der Waals surface area contributed by atoms with Crippen molar-refractivity contribution in [3.8, 4) is 5.69 Å². The van der Waals surface area contributed by atoms with Gasteiger partial charge in [0.15, 0.2) is 9.84 Å². The van der Waals surface area contributed by atoms with Crippen molar-refractivity contribution in [2.75, 3.05) is 5.73 Å². The molecule has 0 aliphatic rings. The van der Waals surface area contributed by atoms with Crippen molar-refractivity contribution in [1.29, 1.82) is 0 Å². The number of pyridine rings is 1. The summed E-state index contributed by atoms with van der Waals surface area (Å²) in [5, 5.41) is 6.25. The summed E-state index contributed by atoms with van der Waals surface area (Å²) in [7, 11) is -3.55. The molecule has 6 nitrogen and oxygen atoms in total. The molecule has 0 spiro atoms. The number of anilines is 1. The maximum atomic E-state index is 13.2. The molecule has 0 aliphatic heterocycles. The first-order valence-corrected chi connectivity index (χ1v) is 11.7. The van der Waals surface area contributed by atoms with Crippen LogP contribution < -0.4 is 5.73 Å². The summed E-state index contributed by atoms with van der Waals surface area (Å²) in [6, 6.07) is 16.5. The van der Waals surface area contributed by atoms with Gasteiger partial charge in [-0.3, -0.25) is 0 Å². The van der Waals surface area contributed by atoms with Crippen molar-refractivity contribution < 1.29 is 8.42 Å². The van der Waals surface area contributed by atoms with Crippen LogP contribution in [0.15, 0.2) is 65.7 Å². The summed E-state index contributed by atoms with van der Waals surface area (Å²) in [6.07, 6.45) is 1.64. The van der Waals surface area contributed by atoms with Crippen LogP contribution in [0.3, 0.4) is 0 Å². The molecule has 160 valence electrons. The average molecular weight is 435 g/mol. The van der Waals surface area contributed by atoms with Crippen LogP contribution in [0.2, 0.25) is 0 Å². The van der Waals surface area contributed by atoms with Gasteiger partial charge in [0, 0.05) is 17.0 Å². The summed E-state index contributed by atoms with van der Waals surface area (Å²) >= 11 is 0. The van der Waals surface area contributed by atoms with Crippen LogP contribution in [0.4, 0.5) is 5.82 Å². The summed E-state index contributed by atoms with van der Waals surface area (Å²) in [5.41, 5.74) is 9.20. The quantitative estimate of drug-likeness (QED) is 0.508. The number of hydrogen-bond donors (Lipinski definition) is 1. The third kappa shape index (κ3) is 4.05. The highest BCUT2D eigenvalue weighted by Crippen LogP contribution is 2.28. The van der Waals surface area contributed by atoms with E-state index in [2.05, 4.69) is 30.9 Å². The SMILES string of the molecule is Cc1cc(CS(=O)(=O)c2ccc(C(C)(C)C)cc2)n(-c2cccc3c(N)nccc23)n1. The Morgan fingerprint density at radius 1 is 1.00 bits per heavy atom. The molecule has 2 N–H and O–H groups in total. The topological polar surface area (TPSA) is 90.9 Å². The fourth-order valence-corrected chi connectivity index (χ4v) is 5.02. The number of hydrogen-bond acceptors (Lipinski definition) is 5. The molecule has 0 saturated carbocycles. The Bertz CT molecular complexity index is 1370. The predicted molar refractivity (Wildman–Crippen MR) is 124 cm³/mol. The number of aromatic nitrogens is 3. The molecule has 0 fully saturated rings. The minimum Gasteiger partial charge on any atom is -0.383 e. The van der Waals surface area contributed by atoms with Crippen molar-refractivity contribution in [1.82, 2.24) is 14.8 Å². The van der Waals surface area contributed by atoms with Crippen molar-refractivity contribution >= 4 is 26.4 Å². The number of sulfone groups is 1. The number of aryl methyl sites for hydroxylation is 1. The summed E-state index contributed by atoms with van der Waals surface area (Å²) < 4.78 is 28.1. The van der Waals surface area contributed by atoms with Crippen molar-refractivity contribution in [3.63, 3.8) is 0 Å². The third-order valence-electron chi connectivity index (χ3n) is 5.36. The Labute approximate surface area is 182 Å². The van der Waals surface area contributed by atoms with Gasteiger partial charge < -0.3 is 5.73 Å². The maximum absolute atomic E-state index is 13.2. The molecule has 0 saturated heterocycles. The van der Waals surface area contributed by atoms with Crippen molar-refractivity contribution in [2.24, 2.45) is 0 Å². The number of benzene rings is 2. The molecule has 0 bridgehead atoms. The number of nitrogens with zero attached hydrogens (tertiary/aromatic N) is 3. The minimum absolute atomic E-state index is 0.0386. The van der Waals surface area contributed by atoms with Gasteiger partial charge in [-0.25, -0.2) is 18.1 Å². The van der Waals surface area contributed by atoms with Gasteiger partial charge in [0.2, 0.25) is 0 Å². The Kier molecular flexibility index (Phi) is 5.09. The molecule has 0 unspecified atom stereocenters. The Morgan fingerprint density at radius 2 is 1.71 bits per heavy atom. The molecule has 2 aromatic carbocycles. The van der Waals surface area contributed by atoms with Gasteiger partial charge in [0.1, 0.15) is 5.82 Å². The highest BCUT2D eigenvalue weighted by atomic mass is 32.2. The standard InChI is InChI=1S/C24H26N4O2S/c1-16-14-18(15-31(29,30)19-10-8-17(9-11-19)24(2,3)4)28(27-16)22-7-5-6-21-20(22)12-13-26-23(21)25/h5-14H,15H2,1-4H3,(H2,25,26). The fourth-order valence-electron chi connectivity index (χ4n) is 3.70. The zero-order valence-corrected chi connectivity index (χ0v) is 18.9. The van der Waals surface area contributed by atoms with Gasteiger partial charge in [-0.2, -0.15) is 5.10 Å². The van der Waals surface area contributed by atoms with E-state index >= 15 is 0 Å². The smallest absolute Gasteiger partial charge is 0.184 e. The van der Waals surface area contributed by atoms with Crippen LogP contribution in [0.1, 0.15) is 37.7 Å². The number of nitrogens with two attached hydrogens (primary N) is 1. The van der Waals surface area contributed by atoms with E-state index in [-0.39, 0.29) is 11.2 Å². The minimum atomic E-state index is -3.55. The highest BCUT2D eigenvalue weighted by molar-refractivity contribution is 7.90. The van der Waals surface area contributed by atoms with Gasteiger partial charge in [0.05, 0.1) is 27.7 Å². The van der Waals surface area contributed by atoms with Crippen LogP contribution in [0.5, 0.6) is 0 Å². The lowest BCUT2D eigenvalue weighted by atomic mass is 9.87. The summed E-state index contributed by atoms with van der Waals surface area (Å²) in [4.78, 5) is 4.45. The molecular weight excluding hydrogens is 408 g/mol. The van der Waals surface area contributed by atoms with E-state index in [4.69, 9.17) is 5.73 Å². The zero-order valence-electron chi connectivity index (χ0n) is 18.1. The highest BCUT2D eigenvalue weighted by Gasteiger charge is 2.22. The van der Waals surface area contributed by atoms with Crippen LogP contribution in [-0.4, -0.2) is 23.2 Å². The van der Waals surface area contributed by atoms with E-state index in [0.29, 0.717) is 16.4 Å². The number of fused-ring (bicyclic) bond motifs is 1. The molecule has 0 atom stereocenters. The van der Waals surface area contributed by atoms with Gasteiger partial charge >= 0.3 is 0 Å². The van der Waals surface area contributed by atoms with Crippen LogP contribution in [-0.2, 0) is 21.0 Å². The Hall–Kier alpha value is -3.19. The van der Waals surface area contributed by atoms with Crippen LogP contribution in [0.25, 0.3) is 16.5 Å². The van der Waals surface area contributed by atoms with E-state index in [9.17, 15) is 8.42 Å². The molecule has 31 heavy (non-hydrogen) atoms. The van der Waals surface area contributed by atoms with Gasteiger partial charge in [-0.1, -0.05) is 45.0 Å². The second-order valence-electron chi connectivity index (χ2n) is 8.79. The lowest BCUT2D eigenvalue weighted by molar-refractivity contribution is 0.585. The fraction of sp³-hybridized carbons (Fsp3) is 0.250. The lowest BCUT2D eigenvalue weighted by Crippen LogP contribution is -2.13. The second-order valence-corrected chi connectivity index (χ2v) is 10.8. The van der Waals surface area contributed by atoms with Gasteiger partial charge in [0.25, 0.3) is 0 Å². The first kappa shape index (κ1) is 21.1. The number of nitrogen functional groups attached to an aromatic ring is 1. The van der Waals surface area contributed by atoms with Gasteiger partial charge in [-0.15, -0.1) is 0 Å². The molecule has 2 aromatic heterocycles. The molecule has 2 heterocycles. The lowest BCUT2D eigenvalue weighted by Gasteiger charge is -2.19. The molecule has 7 heteroatoms. The van der Waals surface area contributed by atoms with E-state index in [0.717, 1.165) is 27.7 Å². The normalized spacial score (nSPS) is 12.4. The molecule has 0 aliphatic carbocycles. The molecule has 4 rings (SSSR count). The van der Waals surface area contributed by atoms with Crippen LogP contribution in [0, 0.1) is 6.92 Å². The maximum Gasteiger partial charge on any atom is 0.184 e. The Morgan fingerprint density at radius 3 is 2.39 bits per heavy atom. The third-order valence-corrected chi connectivity index (χ3v) is 7.03. The average Bonchev–Trinajstić information content (AvgIpc) is 3.06. The van der Waals surface area contributed by atoms with Crippen LogP contribution >= 0.6 is 0 Å². The van der Waals surface area contributed by atoms with E-state index in [1.165, 1.54) is 0 Å². The first-order valence-electron chi connectivity index (χ1n) is 10.1. The largest absolute Gasteiger partial charge is 0.383 e. The van der Waals surface area contributed by atoms with E-state index in [1.807, 2.05) is 49.4 Å². The zero-order chi connectivity index (χ0) is 22.4. The number of rotatable bonds is 4. The Balaban J connectivity index is 1.76. The van der Waals surface area contributed by atoms with Crippen molar-refractivity contribution in [3.05, 3.63) is 77.7 Å². The monoisotopic (exact) mass is 434 g/mol. The first-order chi connectivity index (χ1) is 14.6. The molecule has 0 amide bonds. The molecule has 4 aromatic rings. The van der Waals surface area contributed by atoms with E-state index in [1.54, 1.807) is 23.0 Å². The van der Waals surface area contributed by atoms with Crippen molar-refractivity contribution in [2.45, 2.75) is 43.8 Å². The van der Waals surface area contributed by atoms with Gasteiger partial charge in [-0.05, 0) is 48.2 Å². The molecule has 0 radical (unpaired) electrons. The predicted octanol–water partition coefficient (Wildman–Crippen LogP) is 4.58. The summed E-state index contributed by atoms with van der Waals surface area (Å²) in [5.74, 6) is 0.274. The summed E-state index contributed by atoms with van der Waals surface area (Å²) in [6.45, 7) is 8.16.